The summed E-state index contributed by atoms with van der Waals surface area (Å²) < 4.78 is 14.0. The van der Waals surface area contributed by atoms with E-state index in [1.165, 1.54) is 6.07 Å². The number of nitrogens with zero attached hydrogens (tertiary/aromatic N) is 2. The number of hydrogen-bond acceptors (Lipinski definition) is 3. The highest BCUT2D eigenvalue weighted by molar-refractivity contribution is 5.94. The lowest BCUT2D eigenvalue weighted by Crippen LogP contribution is -2.36. The van der Waals surface area contributed by atoms with E-state index in [-0.39, 0.29) is 11.5 Å². The summed E-state index contributed by atoms with van der Waals surface area (Å²) in [5, 5.41) is 3.31. The third-order valence-corrected chi connectivity index (χ3v) is 4.13. The SMILES string of the molecule is O=C(c1ccccc1F)N(Cc1cccnc1)CC1CCNC1. The smallest absolute Gasteiger partial charge is 0.257 e. The minimum Gasteiger partial charge on any atom is -0.334 e. The minimum absolute atomic E-state index is 0.127. The van der Waals surface area contributed by atoms with E-state index in [1.54, 1.807) is 35.5 Å². The second-order valence-corrected chi connectivity index (χ2v) is 5.89. The van der Waals surface area contributed by atoms with Gasteiger partial charge in [0.15, 0.2) is 0 Å². The number of carbonyl (C=O) groups is 1. The van der Waals surface area contributed by atoms with Crippen molar-refractivity contribution in [3.05, 3.63) is 65.7 Å². The first-order valence-corrected chi connectivity index (χ1v) is 7.87. The maximum atomic E-state index is 14.0. The van der Waals surface area contributed by atoms with Crippen LogP contribution in [0.4, 0.5) is 4.39 Å². The number of amides is 1. The van der Waals surface area contributed by atoms with Crippen LogP contribution in [0.1, 0.15) is 22.3 Å². The van der Waals surface area contributed by atoms with E-state index in [1.807, 2.05) is 12.1 Å². The van der Waals surface area contributed by atoms with Crippen LogP contribution >= 0.6 is 0 Å². The molecule has 1 unspecified atom stereocenters. The molecule has 1 saturated heterocycles. The average Bonchev–Trinajstić information content (AvgIpc) is 3.08. The summed E-state index contributed by atoms with van der Waals surface area (Å²) in [7, 11) is 0. The molecule has 4 nitrogen and oxygen atoms in total. The van der Waals surface area contributed by atoms with Crippen LogP contribution < -0.4 is 5.32 Å². The summed E-state index contributed by atoms with van der Waals surface area (Å²) in [6.45, 7) is 2.93. The Labute approximate surface area is 135 Å². The molecular weight excluding hydrogens is 293 g/mol. The van der Waals surface area contributed by atoms with Crippen LogP contribution in [0.25, 0.3) is 0 Å². The van der Waals surface area contributed by atoms with Gasteiger partial charge in [-0.3, -0.25) is 9.78 Å². The molecule has 0 aliphatic carbocycles. The quantitative estimate of drug-likeness (QED) is 0.922. The van der Waals surface area contributed by atoms with Gasteiger partial charge in [0.25, 0.3) is 5.91 Å². The lowest BCUT2D eigenvalue weighted by Gasteiger charge is -2.26. The zero-order chi connectivity index (χ0) is 16.1. The second-order valence-electron chi connectivity index (χ2n) is 5.89. The van der Waals surface area contributed by atoms with E-state index < -0.39 is 5.82 Å². The van der Waals surface area contributed by atoms with Crippen LogP contribution in [0.2, 0.25) is 0 Å². The van der Waals surface area contributed by atoms with E-state index in [9.17, 15) is 9.18 Å². The van der Waals surface area contributed by atoms with Crippen molar-refractivity contribution in [2.24, 2.45) is 5.92 Å². The van der Waals surface area contributed by atoms with Crippen LogP contribution in [0.15, 0.2) is 48.8 Å². The molecule has 1 N–H and O–H groups in total. The van der Waals surface area contributed by atoms with Gasteiger partial charge in [0.05, 0.1) is 5.56 Å². The Bertz CT molecular complexity index is 656. The molecule has 1 aromatic carbocycles. The molecule has 1 fully saturated rings. The summed E-state index contributed by atoms with van der Waals surface area (Å²) >= 11 is 0. The lowest BCUT2D eigenvalue weighted by atomic mass is 10.1. The average molecular weight is 313 g/mol. The Hall–Kier alpha value is -2.27. The van der Waals surface area contributed by atoms with Gasteiger partial charge >= 0.3 is 0 Å². The fraction of sp³-hybridized carbons (Fsp3) is 0.333. The third kappa shape index (κ3) is 3.93. The van der Waals surface area contributed by atoms with Crippen molar-refractivity contribution >= 4 is 5.91 Å². The molecule has 1 aliphatic heterocycles. The largest absolute Gasteiger partial charge is 0.334 e. The van der Waals surface area contributed by atoms with Crippen LogP contribution in [-0.2, 0) is 6.54 Å². The molecule has 0 radical (unpaired) electrons. The number of pyridine rings is 1. The maximum Gasteiger partial charge on any atom is 0.257 e. The third-order valence-electron chi connectivity index (χ3n) is 4.13. The number of benzene rings is 1. The molecule has 1 atom stereocenters. The molecule has 1 amide bonds. The van der Waals surface area contributed by atoms with Gasteiger partial charge in [-0.15, -0.1) is 0 Å². The summed E-state index contributed by atoms with van der Waals surface area (Å²) in [6, 6.07) is 9.93. The summed E-state index contributed by atoms with van der Waals surface area (Å²) in [4.78, 5) is 18.6. The van der Waals surface area contributed by atoms with Crippen molar-refractivity contribution in [1.29, 1.82) is 0 Å². The number of hydrogen-bond donors (Lipinski definition) is 1. The fourth-order valence-electron chi connectivity index (χ4n) is 2.92. The van der Waals surface area contributed by atoms with Crippen molar-refractivity contribution in [2.75, 3.05) is 19.6 Å². The molecule has 23 heavy (non-hydrogen) atoms. The Morgan fingerprint density at radius 3 is 2.87 bits per heavy atom. The van der Waals surface area contributed by atoms with Crippen molar-refractivity contribution < 1.29 is 9.18 Å². The zero-order valence-corrected chi connectivity index (χ0v) is 12.9. The van der Waals surface area contributed by atoms with Gasteiger partial charge in [-0.1, -0.05) is 18.2 Å². The molecule has 120 valence electrons. The number of halogens is 1. The summed E-state index contributed by atoms with van der Waals surface area (Å²) in [5.74, 6) is -0.334. The Morgan fingerprint density at radius 2 is 2.17 bits per heavy atom. The van der Waals surface area contributed by atoms with Crippen LogP contribution in [0, 0.1) is 11.7 Å². The predicted molar refractivity (Wildman–Crippen MR) is 86.4 cm³/mol. The van der Waals surface area contributed by atoms with Crippen molar-refractivity contribution in [3.8, 4) is 0 Å². The Kier molecular flexibility index (Phi) is 4.98. The normalized spacial score (nSPS) is 17.2. The minimum atomic E-state index is -0.474. The van der Waals surface area contributed by atoms with Gasteiger partial charge in [0, 0.05) is 25.5 Å². The van der Waals surface area contributed by atoms with Gasteiger partial charge in [-0.2, -0.15) is 0 Å². The van der Waals surface area contributed by atoms with Gasteiger partial charge in [-0.25, -0.2) is 4.39 Å². The van der Waals surface area contributed by atoms with Crippen LogP contribution in [-0.4, -0.2) is 35.4 Å². The van der Waals surface area contributed by atoms with E-state index in [0.717, 1.165) is 25.1 Å². The monoisotopic (exact) mass is 313 g/mol. The molecule has 0 bridgehead atoms. The zero-order valence-electron chi connectivity index (χ0n) is 12.9. The van der Waals surface area contributed by atoms with E-state index in [2.05, 4.69) is 10.3 Å². The number of rotatable bonds is 5. The molecular formula is C18H20FN3O. The number of nitrogens with one attached hydrogen (secondary N) is 1. The van der Waals surface area contributed by atoms with E-state index in [0.29, 0.717) is 19.0 Å². The van der Waals surface area contributed by atoms with Crippen molar-refractivity contribution in [1.82, 2.24) is 15.2 Å². The van der Waals surface area contributed by atoms with Gasteiger partial charge < -0.3 is 10.2 Å². The second kappa shape index (κ2) is 7.33. The maximum absolute atomic E-state index is 14.0. The molecule has 0 spiro atoms. The van der Waals surface area contributed by atoms with Gasteiger partial charge in [0.2, 0.25) is 0 Å². The number of aromatic nitrogens is 1. The van der Waals surface area contributed by atoms with Gasteiger partial charge in [-0.05, 0) is 49.2 Å². The molecule has 2 aromatic rings. The lowest BCUT2D eigenvalue weighted by molar-refractivity contribution is 0.0713. The predicted octanol–water partition coefficient (Wildman–Crippen LogP) is 2.47. The van der Waals surface area contributed by atoms with Crippen LogP contribution in [0.3, 0.4) is 0 Å². The standard InChI is InChI=1S/C18H20FN3O/c19-17-6-2-1-5-16(17)18(23)22(13-15-7-9-21-11-15)12-14-4-3-8-20-10-14/h1-6,8,10,15,21H,7,9,11-13H2. The van der Waals surface area contributed by atoms with E-state index >= 15 is 0 Å². The van der Waals surface area contributed by atoms with E-state index in [4.69, 9.17) is 0 Å². The first-order chi connectivity index (χ1) is 11.2. The molecule has 5 heteroatoms. The fourth-order valence-corrected chi connectivity index (χ4v) is 2.92. The highest BCUT2D eigenvalue weighted by Gasteiger charge is 2.24. The molecule has 3 rings (SSSR count). The highest BCUT2D eigenvalue weighted by Crippen LogP contribution is 2.17. The first kappa shape index (κ1) is 15.6. The topological polar surface area (TPSA) is 45.2 Å². The number of carbonyl (C=O) groups excluding carboxylic acids is 1. The van der Waals surface area contributed by atoms with Gasteiger partial charge in [0.1, 0.15) is 5.82 Å². The van der Waals surface area contributed by atoms with Crippen LogP contribution in [0.5, 0.6) is 0 Å². The Morgan fingerprint density at radius 1 is 1.30 bits per heavy atom. The summed E-state index contributed by atoms with van der Waals surface area (Å²) in [6.07, 6.45) is 4.48. The molecule has 1 aromatic heterocycles. The molecule has 2 heterocycles. The highest BCUT2D eigenvalue weighted by atomic mass is 19.1. The molecule has 0 saturated carbocycles. The first-order valence-electron chi connectivity index (χ1n) is 7.87. The van der Waals surface area contributed by atoms with Crippen molar-refractivity contribution in [2.45, 2.75) is 13.0 Å². The summed E-state index contributed by atoms with van der Waals surface area (Å²) in [5.41, 5.74) is 1.07. The molecule has 1 aliphatic rings. The van der Waals surface area contributed by atoms with Crippen molar-refractivity contribution in [3.63, 3.8) is 0 Å². The Balaban J connectivity index is 1.81.